The molecule has 2 aromatic heterocycles. The summed E-state index contributed by atoms with van der Waals surface area (Å²) in [5.41, 5.74) is 2.25. The Kier molecular flexibility index (Phi) is 5.35. The highest BCUT2D eigenvalue weighted by atomic mass is 16.5. The lowest BCUT2D eigenvalue weighted by Crippen LogP contribution is -2.43. The predicted molar refractivity (Wildman–Crippen MR) is 94.8 cm³/mol. The number of hydrogen-bond acceptors (Lipinski definition) is 5. The molecule has 2 aromatic rings. The normalized spacial score (nSPS) is 26.5. The number of rotatable bonds is 6. The van der Waals surface area contributed by atoms with Crippen molar-refractivity contribution in [3.8, 4) is 0 Å². The molecule has 0 aromatic carbocycles. The molecule has 0 amide bonds. The number of aromatic nitrogens is 2. The van der Waals surface area contributed by atoms with Crippen molar-refractivity contribution in [2.24, 2.45) is 0 Å². The largest absolute Gasteiger partial charge is 0.374 e. The first-order valence-corrected chi connectivity index (χ1v) is 9.14. The Hall–Kier alpha value is -1.82. The van der Waals surface area contributed by atoms with Gasteiger partial charge in [-0.3, -0.25) is 14.9 Å². The fourth-order valence-corrected chi connectivity index (χ4v) is 3.90. The van der Waals surface area contributed by atoms with Crippen LogP contribution in [0, 0.1) is 0 Å². The van der Waals surface area contributed by atoms with Gasteiger partial charge in [0.05, 0.1) is 31.1 Å². The van der Waals surface area contributed by atoms with E-state index in [1.165, 1.54) is 6.42 Å². The smallest absolute Gasteiger partial charge is 0.0813 e. The summed E-state index contributed by atoms with van der Waals surface area (Å²) in [4.78, 5) is 11.1. The maximum atomic E-state index is 6.31. The molecule has 2 aliphatic heterocycles. The van der Waals surface area contributed by atoms with Crippen LogP contribution in [0.25, 0.3) is 0 Å². The summed E-state index contributed by atoms with van der Waals surface area (Å²) in [5, 5.41) is 0. The molecule has 132 valence electrons. The molecule has 4 rings (SSSR count). The van der Waals surface area contributed by atoms with E-state index in [1.54, 1.807) is 6.20 Å². The second kappa shape index (κ2) is 8.04. The molecule has 5 heteroatoms. The second-order valence-corrected chi connectivity index (χ2v) is 6.90. The molecule has 0 N–H and O–H groups in total. The lowest BCUT2D eigenvalue weighted by molar-refractivity contribution is -0.102. The Morgan fingerprint density at radius 1 is 1.12 bits per heavy atom. The minimum absolute atomic E-state index is 0.215. The third-order valence-electron chi connectivity index (χ3n) is 5.14. The van der Waals surface area contributed by atoms with Gasteiger partial charge >= 0.3 is 0 Å². The first-order valence-electron chi connectivity index (χ1n) is 9.14. The van der Waals surface area contributed by atoms with E-state index < -0.39 is 0 Å². The Morgan fingerprint density at radius 3 is 2.96 bits per heavy atom. The topological polar surface area (TPSA) is 47.5 Å². The molecule has 0 radical (unpaired) electrons. The zero-order valence-electron chi connectivity index (χ0n) is 14.5. The van der Waals surface area contributed by atoms with E-state index in [1.807, 2.05) is 30.6 Å². The number of fused-ring (bicyclic) bond motifs is 1. The number of nitrogens with zero attached hydrogens (tertiary/aromatic N) is 3. The van der Waals surface area contributed by atoms with Crippen molar-refractivity contribution in [1.29, 1.82) is 0 Å². The summed E-state index contributed by atoms with van der Waals surface area (Å²) in [7, 11) is 0. The van der Waals surface area contributed by atoms with Gasteiger partial charge in [-0.25, -0.2) is 0 Å². The summed E-state index contributed by atoms with van der Waals surface area (Å²) < 4.78 is 12.2. The van der Waals surface area contributed by atoms with Crippen LogP contribution in [0.5, 0.6) is 0 Å². The molecule has 0 saturated carbocycles. The van der Waals surface area contributed by atoms with Crippen LogP contribution >= 0.6 is 0 Å². The first-order chi connectivity index (χ1) is 12.4. The zero-order valence-corrected chi connectivity index (χ0v) is 14.5. The molecule has 25 heavy (non-hydrogen) atoms. The first kappa shape index (κ1) is 16.6. The van der Waals surface area contributed by atoms with Crippen molar-refractivity contribution in [2.45, 2.75) is 50.7 Å². The van der Waals surface area contributed by atoms with Gasteiger partial charge in [0.15, 0.2) is 0 Å². The average Bonchev–Trinajstić information content (AvgIpc) is 3.06. The number of pyridine rings is 2. The molecule has 3 atom stereocenters. The van der Waals surface area contributed by atoms with E-state index in [9.17, 15) is 0 Å². The lowest BCUT2D eigenvalue weighted by atomic mass is 9.99. The van der Waals surface area contributed by atoms with E-state index in [0.29, 0.717) is 25.4 Å². The SMILES string of the molecule is c1ccc(CN2CC[C@@H]3OC(COCc4cccnc4)CC[C@@H]32)nc1. The van der Waals surface area contributed by atoms with E-state index >= 15 is 0 Å². The van der Waals surface area contributed by atoms with Crippen LogP contribution in [0.2, 0.25) is 0 Å². The van der Waals surface area contributed by atoms with Gasteiger partial charge in [0.2, 0.25) is 0 Å². The van der Waals surface area contributed by atoms with Gasteiger partial charge in [0.25, 0.3) is 0 Å². The second-order valence-electron chi connectivity index (χ2n) is 6.90. The molecule has 0 aliphatic carbocycles. The monoisotopic (exact) mass is 339 g/mol. The Bertz CT molecular complexity index is 653. The minimum Gasteiger partial charge on any atom is -0.374 e. The number of hydrogen-bond donors (Lipinski definition) is 0. The van der Waals surface area contributed by atoms with E-state index in [0.717, 1.165) is 37.2 Å². The highest BCUT2D eigenvalue weighted by Gasteiger charge is 2.39. The average molecular weight is 339 g/mol. The van der Waals surface area contributed by atoms with Gasteiger partial charge in [0.1, 0.15) is 0 Å². The van der Waals surface area contributed by atoms with Gasteiger partial charge in [-0.2, -0.15) is 0 Å². The van der Waals surface area contributed by atoms with Gasteiger partial charge in [-0.15, -0.1) is 0 Å². The quantitative estimate of drug-likeness (QED) is 0.810. The Balaban J connectivity index is 1.24. The molecule has 1 unspecified atom stereocenters. The van der Waals surface area contributed by atoms with Crippen LogP contribution in [0.3, 0.4) is 0 Å². The van der Waals surface area contributed by atoms with Gasteiger partial charge in [-0.05, 0) is 43.0 Å². The molecular formula is C20H25N3O2. The fourth-order valence-electron chi connectivity index (χ4n) is 3.90. The van der Waals surface area contributed by atoms with Gasteiger partial charge in [-0.1, -0.05) is 12.1 Å². The van der Waals surface area contributed by atoms with Crippen LogP contribution in [-0.2, 0) is 22.6 Å². The molecular weight excluding hydrogens is 314 g/mol. The maximum absolute atomic E-state index is 6.31. The van der Waals surface area contributed by atoms with E-state index in [4.69, 9.17) is 9.47 Å². The van der Waals surface area contributed by atoms with Crippen LogP contribution in [0.1, 0.15) is 30.5 Å². The van der Waals surface area contributed by atoms with Crippen LogP contribution in [-0.4, -0.2) is 46.3 Å². The van der Waals surface area contributed by atoms with Crippen LogP contribution in [0.4, 0.5) is 0 Å². The molecule has 0 bridgehead atoms. The highest BCUT2D eigenvalue weighted by Crippen LogP contribution is 2.32. The third-order valence-corrected chi connectivity index (χ3v) is 5.14. The number of ether oxygens (including phenoxy) is 2. The highest BCUT2D eigenvalue weighted by molar-refractivity contribution is 5.07. The zero-order chi connectivity index (χ0) is 16.9. The predicted octanol–water partition coefficient (Wildman–Crippen LogP) is 2.82. The lowest BCUT2D eigenvalue weighted by Gasteiger charge is -2.35. The molecule has 2 aliphatic rings. The van der Waals surface area contributed by atoms with E-state index in [2.05, 4.69) is 27.0 Å². The maximum Gasteiger partial charge on any atom is 0.0813 e. The molecule has 2 saturated heterocycles. The standard InChI is InChI=1S/C20H25N3O2/c1-2-10-22-17(5-1)13-23-11-8-20-19(23)7-6-18(25-20)15-24-14-16-4-3-9-21-12-16/h1-5,9-10,12,18-20H,6-8,11,13-15H2/t18?,19-,20-/m0/s1. The Labute approximate surface area is 149 Å². The van der Waals surface area contributed by atoms with Crippen molar-refractivity contribution in [3.05, 3.63) is 60.2 Å². The summed E-state index contributed by atoms with van der Waals surface area (Å²) in [6.07, 6.45) is 9.41. The van der Waals surface area contributed by atoms with Gasteiger partial charge in [0, 0.05) is 37.7 Å². The minimum atomic E-state index is 0.215. The number of likely N-dealkylation sites (tertiary alicyclic amines) is 1. The van der Waals surface area contributed by atoms with E-state index in [-0.39, 0.29) is 6.10 Å². The molecule has 0 spiro atoms. The van der Waals surface area contributed by atoms with Crippen molar-refractivity contribution in [1.82, 2.24) is 14.9 Å². The van der Waals surface area contributed by atoms with Crippen molar-refractivity contribution < 1.29 is 9.47 Å². The molecule has 4 heterocycles. The van der Waals surface area contributed by atoms with Crippen molar-refractivity contribution in [3.63, 3.8) is 0 Å². The molecule has 5 nitrogen and oxygen atoms in total. The Morgan fingerprint density at radius 2 is 2.12 bits per heavy atom. The van der Waals surface area contributed by atoms with Crippen molar-refractivity contribution >= 4 is 0 Å². The van der Waals surface area contributed by atoms with Gasteiger partial charge < -0.3 is 9.47 Å². The summed E-state index contributed by atoms with van der Waals surface area (Å²) in [5.74, 6) is 0. The van der Waals surface area contributed by atoms with Crippen molar-refractivity contribution in [2.75, 3.05) is 13.2 Å². The summed E-state index contributed by atoms with van der Waals surface area (Å²) >= 11 is 0. The van der Waals surface area contributed by atoms with Crippen LogP contribution < -0.4 is 0 Å². The molecule has 2 fully saturated rings. The van der Waals surface area contributed by atoms with Crippen LogP contribution in [0.15, 0.2) is 48.9 Å². The summed E-state index contributed by atoms with van der Waals surface area (Å²) in [6, 6.07) is 10.6. The summed E-state index contributed by atoms with van der Waals surface area (Å²) in [6.45, 7) is 3.29. The fraction of sp³-hybridized carbons (Fsp3) is 0.500. The third kappa shape index (κ3) is 4.24.